The molecule has 12 nitrogen and oxygen atoms in total. The van der Waals surface area contributed by atoms with Crippen molar-refractivity contribution in [2.24, 2.45) is 0 Å². The van der Waals surface area contributed by atoms with Crippen LogP contribution in [-0.2, 0) is 6.61 Å². The second-order valence-electron chi connectivity index (χ2n) is 4.12. The number of aliphatic hydroxyl groups is 1. The number of nitro groups is 3. The maximum atomic E-state index is 10.4. The molecule has 0 spiro atoms. The second-order valence-corrected chi connectivity index (χ2v) is 4.12. The average molecular weight is 338 g/mol. The van der Waals surface area contributed by atoms with Crippen molar-refractivity contribution in [1.82, 2.24) is 4.98 Å². The molecule has 0 saturated heterocycles. The lowest BCUT2D eigenvalue weighted by Crippen LogP contribution is -1.97. The minimum Gasteiger partial charge on any atom is -0.497 e. The van der Waals surface area contributed by atoms with Gasteiger partial charge in [0.25, 0.3) is 11.4 Å². The third-order valence-electron chi connectivity index (χ3n) is 2.56. The van der Waals surface area contributed by atoms with Crippen LogP contribution in [0.25, 0.3) is 0 Å². The van der Waals surface area contributed by atoms with E-state index in [4.69, 9.17) is 10.2 Å². The Kier molecular flexibility index (Phi) is 6.20. The number of phenolic OH excluding ortho intramolecular Hbond substituents is 1. The monoisotopic (exact) mass is 338 g/mol. The van der Waals surface area contributed by atoms with Gasteiger partial charge >= 0.3 is 11.4 Å². The summed E-state index contributed by atoms with van der Waals surface area (Å²) in [5.41, 5.74) is -2.15. The zero-order valence-electron chi connectivity index (χ0n) is 11.8. The second kappa shape index (κ2) is 8.09. The van der Waals surface area contributed by atoms with Crippen molar-refractivity contribution in [3.8, 4) is 5.75 Å². The molecular formula is C12H10N4O8. The van der Waals surface area contributed by atoms with Crippen LogP contribution in [0.1, 0.15) is 5.56 Å². The summed E-state index contributed by atoms with van der Waals surface area (Å²) >= 11 is 0. The Morgan fingerprint density at radius 2 is 1.54 bits per heavy atom. The Balaban J connectivity index is 0.000000300. The van der Waals surface area contributed by atoms with Crippen molar-refractivity contribution in [3.63, 3.8) is 0 Å². The van der Waals surface area contributed by atoms with Crippen molar-refractivity contribution in [2.75, 3.05) is 0 Å². The highest BCUT2D eigenvalue weighted by Gasteiger charge is 2.30. The number of nitrogens with zero attached hydrogens (tertiary/aromatic N) is 4. The minimum absolute atomic E-state index is 0.0772. The van der Waals surface area contributed by atoms with Gasteiger partial charge in [-0.2, -0.15) is 0 Å². The number of nitro benzene ring substituents is 3. The lowest BCUT2D eigenvalue weighted by molar-refractivity contribution is -0.404. The van der Waals surface area contributed by atoms with Crippen LogP contribution in [0.2, 0.25) is 0 Å². The summed E-state index contributed by atoms with van der Waals surface area (Å²) in [6.07, 6.45) is 3.32. The summed E-state index contributed by atoms with van der Waals surface area (Å²) in [6.45, 7) is 0.0772. The molecule has 0 aliphatic rings. The van der Waals surface area contributed by atoms with Crippen molar-refractivity contribution in [2.45, 2.75) is 6.61 Å². The number of hydrogen-bond donors (Lipinski definition) is 2. The summed E-state index contributed by atoms with van der Waals surface area (Å²) in [5, 5.41) is 48.7. The van der Waals surface area contributed by atoms with Crippen molar-refractivity contribution < 1.29 is 25.0 Å². The third kappa shape index (κ3) is 4.67. The lowest BCUT2D eigenvalue weighted by Gasteiger charge is -1.97. The summed E-state index contributed by atoms with van der Waals surface area (Å²) in [4.78, 5) is 31.6. The van der Waals surface area contributed by atoms with E-state index in [9.17, 15) is 30.3 Å². The van der Waals surface area contributed by atoms with E-state index in [1.807, 2.05) is 6.07 Å². The molecular weight excluding hydrogens is 328 g/mol. The van der Waals surface area contributed by atoms with Gasteiger partial charge in [-0.1, -0.05) is 6.07 Å². The highest BCUT2D eigenvalue weighted by atomic mass is 16.6. The first-order chi connectivity index (χ1) is 11.3. The van der Waals surface area contributed by atoms with Crippen molar-refractivity contribution in [1.29, 1.82) is 0 Å². The molecule has 2 N–H and O–H groups in total. The molecule has 24 heavy (non-hydrogen) atoms. The molecule has 0 aliphatic carbocycles. The van der Waals surface area contributed by atoms with Crippen molar-refractivity contribution in [3.05, 3.63) is 72.6 Å². The molecule has 0 amide bonds. The minimum atomic E-state index is -1.21. The number of rotatable bonds is 4. The Morgan fingerprint density at radius 3 is 1.83 bits per heavy atom. The molecule has 1 heterocycles. The number of phenols is 1. The predicted molar refractivity (Wildman–Crippen MR) is 78.2 cm³/mol. The molecule has 1 aromatic carbocycles. The Bertz CT molecular complexity index is 730. The number of aliphatic hydroxyl groups excluding tert-OH is 1. The van der Waals surface area contributed by atoms with E-state index in [1.165, 1.54) is 0 Å². The Labute approximate surface area is 133 Å². The van der Waals surface area contributed by atoms with Gasteiger partial charge in [-0.05, 0) is 11.6 Å². The fourth-order valence-corrected chi connectivity index (χ4v) is 1.47. The SMILES string of the molecule is O=[N+]([O-])c1cc([N+](=O)[O-])c(O)c([N+](=O)[O-])c1.OCc1cccnc1. The number of benzene rings is 1. The number of non-ortho nitro benzene ring substituents is 1. The van der Waals surface area contributed by atoms with Gasteiger partial charge in [0.1, 0.15) is 0 Å². The molecule has 0 aliphatic heterocycles. The first kappa shape index (κ1) is 18.4. The van der Waals surface area contributed by atoms with Gasteiger partial charge in [-0.3, -0.25) is 35.3 Å². The van der Waals surface area contributed by atoms with E-state index in [2.05, 4.69) is 4.98 Å². The standard InChI is InChI=1S/C6H3N3O7.C6H7NO/c10-6-4(8(13)14)1-3(7(11)12)2-5(6)9(15)16;8-5-6-2-1-3-7-4-6/h1-2,10H;1-4,8H,5H2. The number of pyridine rings is 1. The van der Waals surface area contributed by atoms with E-state index >= 15 is 0 Å². The zero-order chi connectivity index (χ0) is 18.3. The first-order valence-electron chi connectivity index (χ1n) is 6.07. The predicted octanol–water partition coefficient (Wildman–Crippen LogP) is 1.69. The number of hydrogen-bond acceptors (Lipinski definition) is 9. The largest absolute Gasteiger partial charge is 0.497 e. The first-order valence-corrected chi connectivity index (χ1v) is 6.07. The fourth-order valence-electron chi connectivity index (χ4n) is 1.47. The van der Waals surface area contributed by atoms with E-state index < -0.39 is 37.6 Å². The van der Waals surface area contributed by atoms with Crippen LogP contribution in [0.3, 0.4) is 0 Å². The quantitative estimate of drug-likeness (QED) is 0.618. The van der Waals surface area contributed by atoms with Gasteiger partial charge < -0.3 is 10.2 Å². The molecule has 2 aromatic rings. The zero-order valence-corrected chi connectivity index (χ0v) is 11.8. The average Bonchev–Trinajstić information content (AvgIpc) is 2.55. The molecule has 1 aromatic heterocycles. The van der Waals surface area contributed by atoms with E-state index in [-0.39, 0.29) is 6.61 Å². The summed E-state index contributed by atoms with van der Waals surface area (Å²) in [5.74, 6) is -1.21. The summed E-state index contributed by atoms with van der Waals surface area (Å²) in [6, 6.07) is 4.52. The van der Waals surface area contributed by atoms with Crippen LogP contribution < -0.4 is 0 Å². The van der Waals surface area contributed by atoms with Gasteiger partial charge in [0.05, 0.1) is 33.5 Å². The van der Waals surface area contributed by atoms with Crippen LogP contribution in [0.4, 0.5) is 17.1 Å². The molecule has 12 heteroatoms. The topological polar surface area (TPSA) is 183 Å². The van der Waals surface area contributed by atoms with E-state index in [1.54, 1.807) is 18.5 Å². The fraction of sp³-hybridized carbons (Fsp3) is 0.0833. The van der Waals surface area contributed by atoms with Crippen LogP contribution in [0.5, 0.6) is 5.75 Å². The van der Waals surface area contributed by atoms with Crippen LogP contribution in [0, 0.1) is 30.3 Å². The van der Waals surface area contributed by atoms with Gasteiger partial charge in [-0.15, -0.1) is 0 Å². The van der Waals surface area contributed by atoms with E-state index in [0.29, 0.717) is 12.1 Å². The molecule has 0 radical (unpaired) electrons. The highest BCUT2D eigenvalue weighted by Crippen LogP contribution is 2.38. The van der Waals surface area contributed by atoms with Gasteiger partial charge in [0, 0.05) is 12.4 Å². The van der Waals surface area contributed by atoms with Crippen LogP contribution >= 0.6 is 0 Å². The molecule has 0 saturated carbocycles. The Morgan fingerprint density at radius 1 is 1.00 bits per heavy atom. The number of aromatic nitrogens is 1. The Hall–Kier alpha value is -3.67. The molecule has 0 unspecified atom stereocenters. The normalized spacial score (nSPS) is 9.54. The smallest absolute Gasteiger partial charge is 0.324 e. The van der Waals surface area contributed by atoms with Gasteiger partial charge in [0.15, 0.2) is 0 Å². The molecule has 2 rings (SSSR count). The summed E-state index contributed by atoms with van der Waals surface area (Å²) < 4.78 is 0. The maximum absolute atomic E-state index is 10.4. The molecule has 0 atom stereocenters. The molecule has 0 fully saturated rings. The molecule has 0 bridgehead atoms. The van der Waals surface area contributed by atoms with Gasteiger partial charge in [0.2, 0.25) is 0 Å². The third-order valence-corrected chi connectivity index (χ3v) is 2.56. The van der Waals surface area contributed by atoms with Crippen molar-refractivity contribution >= 4 is 17.1 Å². The van der Waals surface area contributed by atoms with Gasteiger partial charge in [-0.25, -0.2) is 0 Å². The molecule has 126 valence electrons. The van der Waals surface area contributed by atoms with Crippen LogP contribution in [-0.4, -0.2) is 30.0 Å². The maximum Gasteiger partial charge on any atom is 0.324 e. The lowest BCUT2D eigenvalue weighted by atomic mass is 10.2. The van der Waals surface area contributed by atoms with E-state index in [0.717, 1.165) is 5.56 Å². The van der Waals surface area contributed by atoms with Crippen LogP contribution in [0.15, 0.2) is 36.7 Å². The highest BCUT2D eigenvalue weighted by molar-refractivity contribution is 5.64. The number of aromatic hydroxyl groups is 1. The summed E-state index contributed by atoms with van der Waals surface area (Å²) in [7, 11) is 0.